The molecule has 1 fully saturated rings. The summed E-state index contributed by atoms with van der Waals surface area (Å²) in [5.74, 6) is -1.93. The van der Waals surface area contributed by atoms with Gasteiger partial charge in [0.2, 0.25) is 5.91 Å². The van der Waals surface area contributed by atoms with Gasteiger partial charge in [0.25, 0.3) is 5.89 Å². The van der Waals surface area contributed by atoms with Crippen molar-refractivity contribution < 1.29 is 38.7 Å². The van der Waals surface area contributed by atoms with E-state index in [1.807, 2.05) is 24.3 Å². The normalized spacial score (nSPS) is 14.1. The second kappa shape index (κ2) is 13.6. The van der Waals surface area contributed by atoms with E-state index in [0.717, 1.165) is 25.9 Å². The number of carbonyl (C=O) groups excluding carboxylic acids is 2. The van der Waals surface area contributed by atoms with E-state index in [-0.39, 0.29) is 12.0 Å². The van der Waals surface area contributed by atoms with Crippen LogP contribution in [0, 0.1) is 6.92 Å². The summed E-state index contributed by atoms with van der Waals surface area (Å²) in [4.78, 5) is 50.5. The van der Waals surface area contributed by atoms with Crippen molar-refractivity contribution in [2.45, 2.75) is 32.3 Å². The van der Waals surface area contributed by atoms with Crippen LogP contribution in [0.2, 0.25) is 0 Å². The molecule has 1 aromatic carbocycles. The molecular formula is C23H29N5O8. The Labute approximate surface area is 207 Å². The van der Waals surface area contributed by atoms with Crippen LogP contribution in [0.3, 0.4) is 0 Å². The lowest BCUT2D eigenvalue weighted by Crippen LogP contribution is -2.41. The number of hydrogen-bond acceptors (Lipinski definition) is 9. The first-order valence-electron chi connectivity index (χ1n) is 11.1. The Morgan fingerprint density at radius 1 is 1.17 bits per heavy atom. The maximum Gasteiger partial charge on any atom is 0.414 e. The highest BCUT2D eigenvalue weighted by molar-refractivity contribution is 5.92. The Bertz CT molecular complexity index is 1080. The minimum absolute atomic E-state index is 0.155. The monoisotopic (exact) mass is 503 g/mol. The summed E-state index contributed by atoms with van der Waals surface area (Å²) < 4.78 is 10.9. The molecule has 0 spiro atoms. The lowest BCUT2D eigenvalue weighted by molar-refractivity contribution is -0.134. The van der Waals surface area contributed by atoms with Gasteiger partial charge in [-0.05, 0) is 31.9 Å². The number of ether oxygens (including phenoxy) is 1. The topological polar surface area (TPSA) is 189 Å². The maximum absolute atomic E-state index is 12.7. The number of nitrogens with two attached hydrogens (primary N) is 1. The summed E-state index contributed by atoms with van der Waals surface area (Å²) in [5.41, 5.74) is 6.50. The number of benzene rings is 1. The van der Waals surface area contributed by atoms with Gasteiger partial charge in [0.1, 0.15) is 6.10 Å². The lowest BCUT2D eigenvalue weighted by atomic mass is 10.1. The molecule has 1 aromatic heterocycles. The van der Waals surface area contributed by atoms with E-state index in [1.54, 1.807) is 14.0 Å². The van der Waals surface area contributed by atoms with Gasteiger partial charge in [-0.3, -0.25) is 9.69 Å². The zero-order valence-corrected chi connectivity index (χ0v) is 20.0. The SMILES string of the molecule is Cc1noc(-c2ccccc2N(C)C(=O)OC2CCN(CCC(N)=O)CC2)n1.O=C(O)C=CC(=O)O. The van der Waals surface area contributed by atoms with Crippen LogP contribution < -0.4 is 10.6 Å². The molecule has 2 aromatic rings. The summed E-state index contributed by atoms with van der Waals surface area (Å²) in [7, 11) is 1.66. The second-order valence-corrected chi connectivity index (χ2v) is 7.87. The summed E-state index contributed by atoms with van der Waals surface area (Å²) >= 11 is 0. The van der Waals surface area contributed by atoms with Crippen LogP contribution in [0.5, 0.6) is 0 Å². The van der Waals surface area contributed by atoms with Gasteiger partial charge in [-0.15, -0.1) is 0 Å². The van der Waals surface area contributed by atoms with Crippen molar-refractivity contribution in [1.82, 2.24) is 15.0 Å². The predicted molar refractivity (Wildman–Crippen MR) is 127 cm³/mol. The van der Waals surface area contributed by atoms with E-state index in [4.69, 9.17) is 25.2 Å². The highest BCUT2D eigenvalue weighted by Crippen LogP contribution is 2.29. The van der Waals surface area contributed by atoms with Crippen LogP contribution in [-0.2, 0) is 19.1 Å². The number of likely N-dealkylation sites (tertiary alicyclic amines) is 1. The number of aliphatic carboxylic acids is 2. The molecule has 4 N–H and O–H groups in total. The van der Waals surface area contributed by atoms with E-state index in [0.29, 0.717) is 48.1 Å². The molecule has 0 radical (unpaired) electrons. The molecule has 0 atom stereocenters. The van der Waals surface area contributed by atoms with Gasteiger partial charge in [0, 0.05) is 45.3 Å². The van der Waals surface area contributed by atoms with Gasteiger partial charge in [0.15, 0.2) is 5.82 Å². The fourth-order valence-corrected chi connectivity index (χ4v) is 3.34. The Kier molecular flexibility index (Phi) is 10.6. The third-order valence-electron chi connectivity index (χ3n) is 5.14. The number of aryl methyl sites for hydroxylation is 1. The Hall–Kier alpha value is -4.26. The largest absolute Gasteiger partial charge is 0.478 e. The van der Waals surface area contributed by atoms with E-state index < -0.39 is 18.0 Å². The number of amides is 2. The van der Waals surface area contributed by atoms with E-state index in [2.05, 4.69) is 15.0 Å². The number of primary amides is 1. The number of hydrogen-bond donors (Lipinski definition) is 3. The van der Waals surface area contributed by atoms with Gasteiger partial charge in [0.05, 0.1) is 11.3 Å². The van der Waals surface area contributed by atoms with Gasteiger partial charge in [-0.1, -0.05) is 17.3 Å². The molecule has 0 unspecified atom stereocenters. The Balaban J connectivity index is 0.000000493. The van der Waals surface area contributed by atoms with Crippen LogP contribution in [0.4, 0.5) is 10.5 Å². The van der Waals surface area contributed by atoms with E-state index in [1.165, 1.54) is 4.90 Å². The molecule has 1 saturated heterocycles. The van der Waals surface area contributed by atoms with Crippen molar-refractivity contribution in [1.29, 1.82) is 0 Å². The molecule has 1 aliphatic rings. The zero-order valence-electron chi connectivity index (χ0n) is 20.0. The summed E-state index contributed by atoms with van der Waals surface area (Å²) in [5, 5.41) is 19.4. The number of carboxylic acid groups (broad SMARTS) is 2. The first-order chi connectivity index (χ1) is 17.1. The number of para-hydroxylation sites is 1. The molecule has 36 heavy (non-hydrogen) atoms. The third-order valence-corrected chi connectivity index (χ3v) is 5.14. The highest BCUT2D eigenvalue weighted by atomic mass is 16.6. The number of nitrogens with zero attached hydrogens (tertiary/aromatic N) is 4. The van der Waals surface area contributed by atoms with Crippen molar-refractivity contribution >= 4 is 29.6 Å². The van der Waals surface area contributed by atoms with Crippen molar-refractivity contribution in [2.24, 2.45) is 5.73 Å². The number of carbonyl (C=O) groups is 4. The van der Waals surface area contributed by atoms with Crippen LogP contribution in [-0.4, -0.2) is 82.0 Å². The van der Waals surface area contributed by atoms with Crippen LogP contribution in [0.25, 0.3) is 11.5 Å². The summed E-state index contributed by atoms with van der Waals surface area (Å²) in [6.07, 6.45) is 2.33. The van der Waals surface area contributed by atoms with Crippen molar-refractivity contribution in [3.63, 3.8) is 0 Å². The fourth-order valence-electron chi connectivity index (χ4n) is 3.34. The number of aromatic nitrogens is 2. The quantitative estimate of drug-likeness (QED) is 0.444. The van der Waals surface area contributed by atoms with Crippen LogP contribution >= 0.6 is 0 Å². The molecule has 1 aliphatic heterocycles. The molecule has 13 nitrogen and oxygen atoms in total. The minimum atomic E-state index is -1.26. The zero-order chi connectivity index (χ0) is 26.7. The average molecular weight is 504 g/mol. The highest BCUT2D eigenvalue weighted by Gasteiger charge is 2.25. The van der Waals surface area contributed by atoms with Crippen LogP contribution in [0.1, 0.15) is 25.1 Å². The molecule has 13 heteroatoms. The average Bonchev–Trinajstić information content (AvgIpc) is 3.28. The summed E-state index contributed by atoms with van der Waals surface area (Å²) in [6.45, 7) is 3.93. The molecule has 0 saturated carbocycles. The molecule has 0 bridgehead atoms. The van der Waals surface area contributed by atoms with Crippen molar-refractivity contribution in [3.8, 4) is 11.5 Å². The van der Waals surface area contributed by atoms with Crippen molar-refractivity contribution in [2.75, 3.05) is 31.6 Å². The van der Waals surface area contributed by atoms with Crippen LogP contribution in [0.15, 0.2) is 40.9 Å². The predicted octanol–water partition coefficient (Wildman–Crippen LogP) is 1.67. The van der Waals surface area contributed by atoms with Gasteiger partial charge in [-0.2, -0.15) is 4.98 Å². The first-order valence-corrected chi connectivity index (χ1v) is 11.1. The second-order valence-electron chi connectivity index (χ2n) is 7.87. The van der Waals surface area contributed by atoms with E-state index in [9.17, 15) is 19.2 Å². The smallest absolute Gasteiger partial charge is 0.414 e. The molecule has 3 rings (SSSR count). The molecule has 0 aliphatic carbocycles. The Morgan fingerprint density at radius 2 is 1.78 bits per heavy atom. The number of rotatable bonds is 8. The summed E-state index contributed by atoms with van der Waals surface area (Å²) in [6, 6.07) is 7.31. The molecule has 2 amide bonds. The molecular weight excluding hydrogens is 474 g/mol. The standard InChI is InChI=1S/C19H25N5O4.C4H4O4/c1-13-21-18(28-22-13)15-5-3-4-6-16(15)23(2)19(26)27-14-7-10-24(11-8-14)12-9-17(20)25;5-3(6)1-2-4(7)8/h3-6,14H,7-12H2,1-2H3,(H2,20,25);1-2H,(H,5,6)(H,7,8). The maximum atomic E-state index is 12.7. The minimum Gasteiger partial charge on any atom is -0.478 e. The fraction of sp³-hybridized carbons (Fsp3) is 0.391. The molecule has 194 valence electrons. The number of anilines is 1. The third kappa shape index (κ3) is 9.18. The number of carboxylic acids is 2. The van der Waals surface area contributed by atoms with Crippen molar-refractivity contribution in [3.05, 3.63) is 42.2 Å². The van der Waals surface area contributed by atoms with Gasteiger partial charge >= 0.3 is 18.0 Å². The first kappa shape index (κ1) is 28.0. The molecule has 2 heterocycles. The van der Waals surface area contributed by atoms with Gasteiger partial charge < -0.3 is 30.1 Å². The van der Waals surface area contributed by atoms with E-state index >= 15 is 0 Å². The Morgan fingerprint density at radius 3 is 2.31 bits per heavy atom. The number of piperidine rings is 1. The lowest BCUT2D eigenvalue weighted by Gasteiger charge is -2.32. The van der Waals surface area contributed by atoms with Gasteiger partial charge in [-0.25, -0.2) is 14.4 Å².